The van der Waals surface area contributed by atoms with Gasteiger partial charge in [0.15, 0.2) is 0 Å². The summed E-state index contributed by atoms with van der Waals surface area (Å²) in [4.78, 5) is 11.6. The van der Waals surface area contributed by atoms with Crippen LogP contribution in [0, 0.1) is 30.9 Å². The number of halogens is 2. The molecule has 0 unspecified atom stereocenters. The molecule has 2 nitrogen and oxygen atoms in total. The Balaban J connectivity index is 2.57. The van der Waals surface area contributed by atoms with E-state index in [4.69, 9.17) is 6.42 Å². The number of unbranched alkanes of at least 4 members (excludes halogenated alkanes) is 2. The SMILES string of the molecule is C#CCCCCNC(=O)c1cc(C)c(F)cc1F. The summed E-state index contributed by atoms with van der Waals surface area (Å²) in [5, 5.41) is 2.58. The average molecular weight is 251 g/mol. The van der Waals surface area contributed by atoms with Gasteiger partial charge >= 0.3 is 0 Å². The third-order valence-electron chi connectivity index (χ3n) is 2.53. The molecule has 18 heavy (non-hydrogen) atoms. The van der Waals surface area contributed by atoms with Crippen LogP contribution in [0.4, 0.5) is 8.78 Å². The highest BCUT2D eigenvalue weighted by Crippen LogP contribution is 2.14. The van der Waals surface area contributed by atoms with Gasteiger partial charge in [-0.25, -0.2) is 8.78 Å². The van der Waals surface area contributed by atoms with Gasteiger partial charge in [0.2, 0.25) is 0 Å². The zero-order chi connectivity index (χ0) is 13.5. The zero-order valence-corrected chi connectivity index (χ0v) is 10.2. The van der Waals surface area contributed by atoms with Crippen LogP contribution in [0.15, 0.2) is 12.1 Å². The van der Waals surface area contributed by atoms with E-state index in [-0.39, 0.29) is 11.1 Å². The lowest BCUT2D eigenvalue weighted by atomic mass is 10.1. The number of aryl methyl sites for hydroxylation is 1. The molecule has 0 radical (unpaired) electrons. The number of carbonyl (C=O) groups is 1. The molecular weight excluding hydrogens is 236 g/mol. The Hall–Kier alpha value is -1.89. The highest BCUT2D eigenvalue weighted by molar-refractivity contribution is 5.94. The fourth-order valence-corrected chi connectivity index (χ4v) is 1.48. The van der Waals surface area contributed by atoms with E-state index in [1.165, 1.54) is 13.0 Å². The van der Waals surface area contributed by atoms with E-state index in [1.54, 1.807) is 0 Å². The van der Waals surface area contributed by atoms with Crippen LogP contribution in [0.3, 0.4) is 0 Å². The van der Waals surface area contributed by atoms with E-state index in [0.717, 1.165) is 18.9 Å². The third kappa shape index (κ3) is 3.85. The predicted octanol–water partition coefficient (Wildman–Crippen LogP) is 2.81. The van der Waals surface area contributed by atoms with Gasteiger partial charge in [0.1, 0.15) is 11.6 Å². The first-order valence-corrected chi connectivity index (χ1v) is 5.73. The average Bonchev–Trinajstić information content (AvgIpc) is 2.33. The normalized spacial score (nSPS) is 9.89. The van der Waals surface area contributed by atoms with Crippen LogP contribution in [0.1, 0.15) is 35.2 Å². The van der Waals surface area contributed by atoms with Crippen molar-refractivity contribution in [1.82, 2.24) is 5.32 Å². The third-order valence-corrected chi connectivity index (χ3v) is 2.53. The minimum absolute atomic E-state index is 0.133. The van der Waals surface area contributed by atoms with Gasteiger partial charge in [-0.2, -0.15) is 0 Å². The summed E-state index contributed by atoms with van der Waals surface area (Å²) in [5.74, 6) is 0.462. The fraction of sp³-hybridized carbons (Fsp3) is 0.357. The first-order valence-electron chi connectivity index (χ1n) is 5.73. The Morgan fingerprint density at radius 2 is 2.06 bits per heavy atom. The van der Waals surface area contributed by atoms with Gasteiger partial charge in [-0.3, -0.25) is 4.79 Å². The van der Waals surface area contributed by atoms with E-state index in [0.29, 0.717) is 13.0 Å². The Labute approximate surface area is 105 Å². The molecule has 0 aliphatic heterocycles. The van der Waals surface area contributed by atoms with Crippen LogP contribution in [0.25, 0.3) is 0 Å². The van der Waals surface area contributed by atoms with Gasteiger partial charge in [0.25, 0.3) is 5.91 Å². The van der Waals surface area contributed by atoms with Crippen molar-refractivity contribution < 1.29 is 13.6 Å². The summed E-state index contributed by atoms with van der Waals surface area (Å²) in [6.07, 6.45) is 7.28. The second kappa shape index (κ2) is 6.75. The standard InChI is InChI=1S/C14H15F2NO/c1-3-4-5-6-7-17-14(18)11-8-10(2)12(15)9-13(11)16/h1,8-9H,4-7H2,2H3,(H,17,18). The molecule has 1 aromatic carbocycles. The molecule has 0 bridgehead atoms. The second-order valence-electron chi connectivity index (χ2n) is 4.00. The summed E-state index contributed by atoms with van der Waals surface area (Å²) >= 11 is 0. The molecule has 0 aromatic heterocycles. The molecule has 1 amide bonds. The molecule has 0 aliphatic carbocycles. The molecule has 1 aromatic rings. The monoisotopic (exact) mass is 251 g/mol. The Kier molecular flexibility index (Phi) is 5.31. The first-order chi connectivity index (χ1) is 8.56. The minimum Gasteiger partial charge on any atom is -0.352 e. The summed E-state index contributed by atoms with van der Waals surface area (Å²) in [6.45, 7) is 1.91. The van der Waals surface area contributed by atoms with Crippen molar-refractivity contribution in [2.24, 2.45) is 0 Å². The minimum atomic E-state index is -0.848. The molecule has 1 rings (SSSR count). The summed E-state index contributed by atoms with van der Waals surface area (Å²) < 4.78 is 26.4. The number of nitrogens with one attached hydrogen (secondary N) is 1. The largest absolute Gasteiger partial charge is 0.352 e. The lowest BCUT2D eigenvalue weighted by Crippen LogP contribution is -2.25. The number of benzene rings is 1. The Morgan fingerprint density at radius 1 is 1.33 bits per heavy atom. The van der Waals surface area contributed by atoms with Crippen molar-refractivity contribution in [1.29, 1.82) is 0 Å². The van der Waals surface area contributed by atoms with E-state index in [9.17, 15) is 13.6 Å². The fourth-order valence-electron chi connectivity index (χ4n) is 1.48. The van der Waals surface area contributed by atoms with Crippen molar-refractivity contribution in [2.75, 3.05) is 6.54 Å². The molecule has 0 spiro atoms. The van der Waals surface area contributed by atoms with Gasteiger partial charge in [-0.1, -0.05) is 0 Å². The maximum absolute atomic E-state index is 13.4. The van der Waals surface area contributed by atoms with Crippen molar-refractivity contribution in [2.45, 2.75) is 26.2 Å². The summed E-state index contributed by atoms with van der Waals surface area (Å²) in [7, 11) is 0. The van der Waals surface area contributed by atoms with Crippen molar-refractivity contribution in [3.8, 4) is 12.3 Å². The maximum atomic E-state index is 13.4. The van der Waals surface area contributed by atoms with E-state index in [2.05, 4.69) is 11.2 Å². The number of rotatable bonds is 5. The van der Waals surface area contributed by atoms with Crippen LogP contribution in [0.5, 0.6) is 0 Å². The van der Waals surface area contributed by atoms with Gasteiger partial charge in [0, 0.05) is 19.0 Å². The van der Waals surface area contributed by atoms with Gasteiger partial charge in [-0.15, -0.1) is 12.3 Å². The molecular formula is C14H15F2NO. The second-order valence-corrected chi connectivity index (χ2v) is 4.00. The number of hydrogen-bond acceptors (Lipinski definition) is 1. The van der Waals surface area contributed by atoms with Crippen molar-refractivity contribution in [3.05, 3.63) is 34.9 Å². The van der Waals surface area contributed by atoms with Crippen molar-refractivity contribution in [3.63, 3.8) is 0 Å². The van der Waals surface area contributed by atoms with E-state index in [1.807, 2.05) is 0 Å². The van der Waals surface area contributed by atoms with E-state index < -0.39 is 17.5 Å². The van der Waals surface area contributed by atoms with Gasteiger partial charge < -0.3 is 5.32 Å². The Morgan fingerprint density at radius 3 is 2.72 bits per heavy atom. The molecule has 0 aliphatic rings. The molecule has 1 N–H and O–H groups in total. The number of carbonyl (C=O) groups excluding carboxylic acids is 1. The van der Waals surface area contributed by atoms with Gasteiger partial charge in [-0.05, 0) is 31.4 Å². The lowest BCUT2D eigenvalue weighted by Gasteiger charge is -2.07. The van der Waals surface area contributed by atoms with E-state index >= 15 is 0 Å². The molecule has 4 heteroatoms. The van der Waals surface area contributed by atoms with Crippen LogP contribution < -0.4 is 5.32 Å². The Bertz CT molecular complexity index is 477. The number of terminal acetylenes is 1. The van der Waals surface area contributed by atoms with Gasteiger partial charge in [0.05, 0.1) is 5.56 Å². The van der Waals surface area contributed by atoms with Crippen LogP contribution in [-0.2, 0) is 0 Å². The molecule has 96 valence electrons. The zero-order valence-electron chi connectivity index (χ0n) is 10.2. The van der Waals surface area contributed by atoms with Crippen LogP contribution in [0.2, 0.25) is 0 Å². The lowest BCUT2D eigenvalue weighted by molar-refractivity contribution is 0.0949. The van der Waals surface area contributed by atoms with Crippen molar-refractivity contribution >= 4 is 5.91 Å². The molecule has 0 heterocycles. The number of amides is 1. The summed E-state index contributed by atoms with van der Waals surface area (Å²) in [6, 6.07) is 1.93. The predicted molar refractivity (Wildman–Crippen MR) is 66.1 cm³/mol. The molecule has 0 saturated heterocycles. The molecule has 0 saturated carbocycles. The smallest absolute Gasteiger partial charge is 0.254 e. The number of hydrogen-bond donors (Lipinski definition) is 1. The maximum Gasteiger partial charge on any atom is 0.254 e. The van der Waals surface area contributed by atoms with Crippen LogP contribution in [-0.4, -0.2) is 12.5 Å². The quantitative estimate of drug-likeness (QED) is 0.632. The first kappa shape index (κ1) is 14.2. The topological polar surface area (TPSA) is 29.1 Å². The highest BCUT2D eigenvalue weighted by atomic mass is 19.1. The highest BCUT2D eigenvalue weighted by Gasteiger charge is 2.13. The summed E-state index contributed by atoms with van der Waals surface area (Å²) in [5.41, 5.74) is 0.111. The molecule has 0 atom stereocenters. The van der Waals surface area contributed by atoms with Crippen LogP contribution >= 0.6 is 0 Å². The molecule has 0 fully saturated rings.